The Hall–Kier alpha value is -0.730. The summed E-state index contributed by atoms with van der Waals surface area (Å²) < 4.78 is 0. The van der Waals surface area contributed by atoms with E-state index in [0.29, 0.717) is 38.0 Å². The minimum absolute atomic E-state index is 0.0855. The molecule has 1 fully saturated rings. The SMILES string of the molecule is O=C(CSc1cc(Cl)c(Cl)cc1Cl)NC1=C(C(=O)O)N2CCC2SC1. The smallest absolute Gasteiger partial charge is 0.354 e. The minimum atomic E-state index is -1.01. The lowest BCUT2D eigenvalue weighted by Gasteiger charge is -2.46. The predicted molar refractivity (Wildman–Crippen MR) is 103 cm³/mol. The van der Waals surface area contributed by atoms with Crippen molar-refractivity contribution in [3.63, 3.8) is 0 Å². The van der Waals surface area contributed by atoms with E-state index >= 15 is 0 Å². The first-order chi connectivity index (χ1) is 11.9. The fourth-order valence-corrected chi connectivity index (χ4v) is 5.29. The number of nitrogens with one attached hydrogen (secondary N) is 1. The lowest BCUT2D eigenvalue weighted by Crippen LogP contribution is -2.51. The van der Waals surface area contributed by atoms with Crippen molar-refractivity contribution < 1.29 is 14.7 Å². The highest BCUT2D eigenvalue weighted by Gasteiger charge is 2.39. The molecule has 10 heteroatoms. The number of thioether (sulfide) groups is 2. The summed E-state index contributed by atoms with van der Waals surface area (Å²) in [5.41, 5.74) is 0.639. The Morgan fingerprint density at radius 1 is 1.28 bits per heavy atom. The van der Waals surface area contributed by atoms with Crippen LogP contribution in [-0.2, 0) is 9.59 Å². The molecule has 0 spiro atoms. The summed E-state index contributed by atoms with van der Waals surface area (Å²) in [6.45, 7) is 0.701. The number of hydrogen-bond donors (Lipinski definition) is 2. The first-order valence-electron chi connectivity index (χ1n) is 7.28. The van der Waals surface area contributed by atoms with Crippen molar-refractivity contribution in [2.24, 2.45) is 0 Å². The third-order valence-corrected chi connectivity index (χ3v) is 7.32. The Morgan fingerprint density at radius 3 is 2.64 bits per heavy atom. The molecule has 1 amide bonds. The molecule has 0 saturated carbocycles. The molecule has 2 aliphatic heterocycles. The maximum atomic E-state index is 12.2. The van der Waals surface area contributed by atoms with E-state index in [4.69, 9.17) is 34.8 Å². The number of carboxylic acid groups (broad SMARTS) is 1. The summed E-state index contributed by atoms with van der Waals surface area (Å²) in [7, 11) is 0. The summed E-state index contributed by atoms with van der Waals surface area (Å²) in [4.78, 5) is 26.2. The summed E-state index contributed by atoms with van der Waals surface area (Å²) in [5.74, 6) is -0.740. The van der Waals surface area contributed by atoms with E-state index in [9.17, 15) is 14.7 Å². The zero-order valence-corrected chi connectivity index (χ0v) is 16.6. The van der Waals surface area contributed by atoms with Crippen LogP contribution in [0.2, 0.25) is 15.1 Å². The molecule has 2 aliphatic rings. The van der Waals surface area contributed by atoms with Gasteiger partial charge in [-0.05, 0) is 18.6 Å². The highest BCUT2D eigenvalue weighted by Crippen LogP contribution is 2.38. The van der Waals surface area contributed by atoms with E-state index in [1.165, 1.54) is 17.8 Å². The van der Waals surface area contributed by atoms with Crippen LogP contribution in [0.15, 0.2) is 28.4 Å². The zero-order chi connectivity index (χ0) is 18.1. The van der Waals surface area contributed by atoms with E-state index in [-0.39, 0.29) is 22.7 Å². The van der Waals surface area contributed by atoms with Crippen LogP contribution in [0.3, 0.4) is 0 Å². The number of halogens is 3. The normalized spacial score (nSPS) is 19.3. The molecule has 134 valence electrons. The fraction of sp³-hybridized carbons (Fsp3) is 0.333. The van der Waals surface area contributed by atoms with E-state index in [1.54, 1.807) is 17.8 Å². The molecule has 1 aromatic rings. The van der Waals surface area contributed by atoms with Crippen molar-refractivity contribution in [1.29, 1.82) is 0 Å². The van der Waals surface area contributed by atoms with E-state index < -0.39 is 5.97 Å². The van der Waals surface area contributed by atoms with Crippen molar-refractivity contribution >= 4 is 70.2 Å². The highest BCUT2D eigenvalue weighted by molar-refractivity contribution is 8.00. The van der Waals surface area contributed by atoms with Gasteiger partial charge in [0.25, 0.3) is 0 Å². The molecular formula is C15H13Cl3N2O3S2. The summed E-state index contributed by atoms with van der Waals surface area (Å²) in [6, 6.07) is 3.13. The number of carboxylic acids is 1. The second kappa shape index (κ2) is 7.88. The highest BCUT2D eigenvalue weighted by atomic mass is 35.5. The van der Waals surface area contributed by atoms with E-state index in [1.807, 2.05) is 4.90 Å². The maximum absolute atomic E-state index is 12.2. The number of carbonyl (C=O) groups is 2. The van der Waals surface area contributed by atoms with Crippen LogP contribution in [-0.4, -0.2) is 45.3 Å². The molecule has 1 saturated heterocycles. The van der Waals surface area contributed by atoms with Gasteiger partial charge in [0.1, 0.15) is 5.70 Å². The number of nitrogens with zero attached hydrogens (tertiary/aromatic N) is 1. The summed E-state index contributed by atoms with van der Waals surface area (Å²) in [6.07, 6.45) is 0.967. The van der Waals surface area contributed by atoms with Gasteiger partial charge in [0.15, 0.2) is 0 Å². The van der Waals surface area contributed by atoms with Gasteiger partial charge in [-0.1, -0.05) is 34.8 Å². The van der Waals surface area contributed by atoms with Gasteiger partial charge < -0.3 is 15.3 Å². The van der Waals surface area contributed by atoms with Crippen LogP contribution in [0.5, 0.6) is 0 Å². The molecule has 1 unspecified atom stereocenters. The first-order valence-corrected chi connectivity index (χ1v) is 10.5. The summed E-state index contributed by atoms with van der Waals surface area (Å²) in [5, 5.41) is 13.5. The number of hydrogen-bond acceptors (Lipinski definition) is 5. The fourth-order valence-electron chi connectivity index (χ4n) is 2.52. The van der Waals surface area contributed by atoms with Gasteiger partial charge >= 0.3 is 5.97 Å². The Labute approximate surface area is 168 Å². The Balaban J connectivity index is 1.66. The molecule has 0 bridgehead atoms. The molecule has 3 rings (SSSR count). The van der Waals surface area contributed by atoms with Crippen LogP contribution in [0.25, 0.3) is 0 Å². The van der Waals surface area contributed by atoms with E-state index in [2.05, 4.69) is 5.32 Å². The van der Waals surface area contributed by atoms with Crippen LogP contribution in [0.1, 0.15) is 6.42 Å². The van der Waals surface area contributed by atoms with Gasteiger partial charge in [0, 0.05) is 17.2 Å². The number of amides is 1. The van der Waals surface area contributed by atoms with Gasteiger partial charge in [-0.3, -0.25) is 4.79 Å². The first kappa shape index (κ1) is 19.0. The summed E-state index contributed by atoms with van der Waals surface area (Å²) >= 11 is 20.8. The average molecular weight is 440 g/mol. The standard InChI is InChI=1S/C15H13Cl3N2O3S2/c16-7-3-9(18)11(4-8(7)17)24-6-12(21)19-10-5-25-13-1-2-20(13)14(10)15(22)23/h3-4,13H,1-2,5-6H2,(H,19,21)(H,22,23). The largest absolute Gasteiger partial charge is 0.477 e. The lowest BCUT2D eigenvalue weighted by atomic mass is 10.1. The molecule has 0 aliphatic carbocycles. The maximum Gasteiger partial charge on any atom is 0.354 e. The minimum Gasteiger partial charge on any atom is -0.477 e. The second-order valence-electron chi connectivity index (χ2n) is 5.41. The third-order valence-electron chi connectivity index (χ3n) is 3.78. The van der Waals surface area contributed by atoms with Gasteiger partial charge in [0.05, 0.1) is 31.9 Å². The second-order valence-corrected chi connectivity index (χ2v) is 8.82. The zero-order valence-electron chi connectivity index (χ0n) is 12.7. The Bertz CT molecular complexity index is 773. The topological polar surface area (TPSA) is 69.6 Å². The monoisotopic (exact) mass is 438 g/mol. The number of carbonyl (C=O) groups excluding carboxylic acids is 1. The molecule has 2 heterocycles. The number of rotatable bonds is 5. The van der Waals surface area contributed by atoms with Crippen molar-refractivity contribution in [1.82, 2.24) is 10.2 Å². The van der Waals surface area contributed by atoms with E-state index in [0.717, 1.165) is 6.42 Å². The molecule has 25 heavy (non-hydrogen) atoms. The van der Waals surface area contributed by atoms with Gasteiger partial charge in [-0.2, -0.15) is 0 Å². The molecule has 1 atom stereocenters. The number of fused-ring (bicyclic) bond motifs is 1. The molecule has 0 radical (unpaired) electrons. The lowest BCUT2D eigenvalue weighted by molar-refractivity contribution is -0.135. The third kappa shape index (κ3) is 4.17. The molecule has 1 aromatic carbocycles. The Morgan fingerprint density at radius 2 is 2.00 bits per heavy atom. The quantitative estimate of drug-likeness (QED) is 0.535. The van der Waals surface area contributed by atoms with Crippen LogP contribution >= 0.6 is 58.3 Å². The average Bonchev–Trinajstić information content (AvgIpc) is 2.51. The van der Waals surface area contributed by atoms with Crippen LogP contribution < -0.4 is 5.32 Å². The van der Waals surface area contributed by atoms with Crippen molar-refractivity contribution in [3.05, 3.63) is 38.6 Å². The van der Waals surface area contributed by atoms with Crippen molar-refractivity contribution in [2.75, 3.05) is 18.1 Å². The number of aliphatic carboxylic acids is 1. The molecule has 0 aromatic heterocycles. The number of benzene rings is 1. The van der Waals surface area contributed by atoms with Gasteiger partial charge in [-0.25, -0.2) is 4.79 Å². The van der Waals surface area contributed by atoms with Gasteiger partial charge in [-0.15, -0.1) is 23.5 Å². The van der Waals surface area contributed by atoms with Crippen LogP contribution in [0, 0.1) is 0 Å². The molecular weight excluding hydrogens is 427 g/mol. The Kier molecular flexibility index (Phi) is 6.00. The predicted octanol–water partition coefficient (Wildman–Crippen LogP) is 3.93. The van der Waals surface area contributed by atoms with Crippen molar-refractivity contribution in [3.8, 4) is 0 Å². The van der Waals surface area contributed by atoms with Gasteiger partial charge in [0.2, 0.25) is 5.91 Å². The van der Waals surface area contributed by atoms with Crippen LogP contribution in [0.4, 0.5) is 0 Å². The van der Waals surface area contributed by atoms with Crippen molar-refractivity contribution in [2.45, 2.75) is 16.7 Å². The molecule has 2 N–H and O–H groups in total. The molecule has 5 nitrogen and oxygen atoms in total.